The summed E-state index contributed by atoms with van der Waals surface area (Å²) in [6.45, 7) is 10.6. The molecule has 1 unspecified atom stereocenters. The number of esters is 1. The first-order chi connectivity index (χ1) is 15.4. The Morgan fingerprint density at radius 1 is 1.19 bits per heavy atom. The predicted molar refractivity (Wildman–Crippen MR) is 124 cm³/mol. The van der Waals surface area contributed by atoms with Crippen molar-refractivity contribution in [3.05, 3.63) is 83.8 Å². The molecule has 0 aliphatic carbocycles. The summed E-state index contributed by atoms with van der Waals surface area (Å²) in [5.74, 6) is -0.451. The number of carbonyl (C=O) groups excluding carboxylic acids is 1. The smallest absolute Gasteiger partial charge is 0.338 e. The molecule has 8 heteroatoms. The quantitative estimate of drug-likeness (QED) is 0.560. The van der Waals surface area contributed by atoms with Gasteiger partial charge >= 0.3 is 5.97 Å². The molecule has 1 atom stereocenters. The van der Waals surface area contributed by atoms with Gasteiger partial charge in [-0.15, -0.1) is 0 Å². The van der Waals surface area contributed by atoms with E-state index in [1.54, 1.807) is 18.4 Å². The molecule has 0 fully saturated rings. The first-order valence-electron chi connectivity index (χ1n) is 10.7. The van der Waals surface area contributed by atoms with Gasteiger partial charge in [-0.3, -0.25) is 14.0 Å². The summed E-state index contributed by atoms with van der Waals surface area (Å²) in [7, 11) is 0. The summed E-state index contributed by atoms with van der Waals surface area (Å²) in [6.07, 6.45) is 1.89. The molecule has 7 nitrogen and oxygen atoms in total. The van der Waals surface area contributed by atoms with Crippen molar-refractivity contribution >= 4 is 23.4 Å². The van der Waals surface area contributed by atoms with E-state index in [0.717, 1.165) is 29.1 Å². The van der Waals surface area contributed by atoms with Crippen molar-refractivity contribution in [2.45, 2.75) is 47.2 Å². The number of nitrogens with zero attached hydrogens (tertiary/aromatic N) is 4. The molecule has 4 rings (SSSR count). The van der Waals surface area contributed by atoms with Crippen LogP contribution >= 0.6 is 11.3 Å². The second-order valence-electron chi connectivity index (χ2n) is 7.61. The van der Waals surface area contributed by atoms with E-state index in [0.29, 0.717) is 20.6 Å². The average molecular weight is 451 g/mol. The molecule has 1 aliphatic rings. The molecule has 0 spiro atoms. The van der Waals surface area contributed by atoms with Gasteiger partial charge in [0.1, 0.15) is 0 Å². The lowest BCUT2D eigenvalue weighted by molar-refractivity contribution is -0.139. The van der Waals surface area contributed by atoms with Gasteiger partial charge in [0.25, 0.3) is 5.56 Å². The number of hydrogen-bond donors (Lipinski definition) is 0. The van der Waals surface area contributed by atoms with E-state index in [4.69, 9.17) is 4.74 Å². The van der Waals surface area contributed by atoms with Crippen molar-refractivity contribution in [1.29, 1.82) is 0 Å². The van der Waals surface area contributed by atoms with Crippen LogP contribution in [0.1, 0.15) is 49.3 Å². The molecule has 1 aromatic carbocycles. The fourth-order valence-corrected chi connectivity index (χ4v) is 5.13. The van der Waals surface area contributed by atoms with Crippen molar-refractivity contribution in [1.82, 2.24) is 14.3 Å². The van der Waals surface area contributed by atoms with Gasteiger partial charge in [-0.1, -0.05) is 41.7 Å². The molecule has 166 valence electrons. The average Bonchev–Trinajstić information content (AvgIpc) is 3.23. The lowest BCUT2D eigenvalue weighted by Crippen LogP contribution is -2.39. The highest BCUT2D eigenvalue weighted by atomic mass is 32.1. The lowest BCUT2D eigenvalue weighted by Gasteiger charge is -2.24. The van der Waals surface area contributed by atoms with Gasteiger partial charge in [-0.2, -0.15) is 5.10 Å². The topological polar surface area (TPSA) is 78.5 Å². The first kappa shape index (κ1) is 22.0. The molecule has 0 amide bonds. The van der Waals surface area contributed by atoms with E-state index in [-0.39, 0.29) is 12.2 Å². The fraction of sp³-hybridized carbons (Fsp3) is 0.333. The van der Waals surface area contributed by atoms with Gasteiger partial charge in [0.15, 0.2) is 4.80 Å². The zero-order chi connectivity index (χ0) is 23.0. The number of aryl methyl sites for hydroxylation is 2. The van der Waals surface area contributed by atoms with E-state index >= 15 is 0 Å². The predicted octanol–water partition coefficient (Wildman–Crippen LogP) is 2.63. The Labute approximate surface area is 190 Å². The van der Waals surface area contributed by atoms with Gasteiger partial charge < -0.3 is 4.74 Å². The number of aromatic nitrogens is 3. The minimum Gasteiger partial charge on any atom is -0.463 e. The third-order valence-corrected chi connectivity index (χ3v) is 6.63. The molecule has 0 saturated heterocycles. The number of allylic oxidation sites excluding steroid dienone is 1. The number of ether oxygens (including phenoxy) is 1. The van der Waals surface area contributed by atoms with Crippen molar-refractivity contribution in [3.63, 3.8) is 0 Å². The van der Waals surface area contributed by atoms with Crippen LogP contribution in [0.2, 0.25) is 0 Å². The van der Waals surface area contributed by atoms with Crippen LogP contribution in [0.15, 0.2) is 51.4 Å². The normalized spacial score (nSPS) is 16.2. The van der Waals surface area contributed by atoms with Crippen molar-refractivity contribution in [2.75, 3.05) is 6.61 Å². The number of hydrogen-bond acceptors (Lipinski definition) is 6. The second kappa shape index (κ2) is 8.70. The highest BCUT2D eigenvalue weighted by Crippen LogP contribution is 2.30. The number of rotatable bonds is 5. The van der Waals surface area contributed by atoms with Crippen LogP contribution in [-0.4, -0.2) is 26.9 Å². The summed E-state index contributed by atoms with van der Waals surface area (Å²) in [4.78, 5) is 31.7. The van der Waals surface area contributed by atoms with E-state index < -0.39 is 12.0 Å². The van der Waals surface area contributed by atoms with Crippen molar-refractivity contribution < 1.29 is 9.53 Å². The van der Waals surface area contributed by atoms with Crippen LogP contribution in [0.5, 0.6) is 0 Å². The summed E-state index contributed by atoms with van der Waals surface area (Å²) in [6, 6.07) is 8.95. The number of carbonyl (C=O) groups is 1. The molecule has 3 aromatic rings. The third kappa shape index (κ3) is 3.64. The minimum absolute atomic E-state index is 0.181. The van der Waals surface area contributed by atoms with Crippen LogP contribution < -0.4 is 14.9 Å². The highest BCUT2D eigenvalue weighted by Gasteiger charge is 2.33. The Balaban J connectivity index is 1.97. The number of benzene rings is 1. The van der Waals surface area contributed by atoms with Gasteiger partial charge in [0.05, 0.1) is 34.1 Å². The number of thiazole rings is 1. The molecule has 0 radical (unpaired) electrons. The largest absolute Gasteiger partial charge is 0.463 e. The van der Waals surface area contributed by atoms with Gasteiger partial charge in [0, 0.05) is 17.8 Å². The highest BCUT2D eigenvalue weighted by molar-refractivity contribution is 7.07. The minimum atomic E-state index is -0.589. The Hall–Kier alpha value is -3.26. The monoisotopic (exact) mass is 450 g/mol. The molecule has 32 heavy (non-hydrogen) atoms. The Morgan fingerprint density at radius 2 is 1.91 bits per heavy atom. The van der Waals surface area contributed by atoms with Crippen LogP contribution in [0, 0.1) is 13.8 Å². The lowest BCUT2D eigenvalue weighted by atomic mass is 9.96. The van der Waals surface area contributed by atoms with Gasteiger partial charge in [-0.25, -0.2) is 9.79 Å². The maximum absolute atomic E-state index is 13.6. The van der Waals surface area contributed by atoms with Crippen LogP contribution in [0.3, 0.4) is 0 Å². The Morgan fingerprint density at radius 3 is 2.53 bits per heavy atom. The molecule has 0 N–H and O–H groups in total. The summed E-state index contributed by atoms with van der Waals surface area (Å²) in [5, 5.41) is 4.56. The number of fused-ring (bicyclic) bond motifs is 1. The van der Waals surface area contributed by atoms with Gasteiger partial charge in [0.2, 0.25) is 0 Å². The Bertz CT molecular complexity index is 1390. The zero-order valence-electron chi connectivity index (χ0n) is 18.9. The van der Waals surface area contributed by atoms with Crippen LogP contribution in [-0.2, 0) is 16.1 Å². The van der Waals surface area contributed by atoms with Crippen molar-refractivity contribution in [2.24, 2.45) is 4.99 Å². The molecule has 3 heterocycles. The maximum Gasteiger partial charge on any atom is 0.338 e. The Kier molecular flexibility index (Phi) is 5.97. The van der Waals surface area contributed by atoms with Crippen LogP contribution in [0.4, 0.5) is 0 Å². The van der Waals surface area contributed by atoms with E-state index in [1.807, 2.05) is 61.9 Å². The zero-order valence-corrected chi connectivity index (χ0v) is 19.7. The molecule has 1 aliphatic heterocycles. The standard InChI is InChI=1S/C24H26N4O3S/c1-6-27-16(5)18(14(3)26-27)13-19-22(29)28-21(17-11-9-8-10-12-17)20(23(30)31-7-2)15(4)25-24(28)32-19/h8-13,21H,6-7H2,1-5H3/b19-13+. The summed E-state index contributed by atoms with van der Waals surface area (Å²) in [5.41, 5.74) is 4.44. The van der Waals surface area contributed by atoms with E-state index in [9.17, 15) is 9.59 Å². The van der Waals surface area contributed by atoms with Gasteiger partial charge in [-0.05, 0) is 46.3 Å². The molecular weight excluding hydrogens is 424 g/mol. The maximum atomic E-state index is 13.6. The first-order valence-corrected chi connectivity index (χ1v) is 11.5. The third-order valence-electron chi connectivity index (χ3n) is 5.64. The summed E-state index contributed by atoms with van der Waals surface area (Å²) < 4.78 is 9.42. The molecule has 2 aromatic heterocycles. The van der Waals surface area contributed by atoms with Crippen molar-refractivity contribution in [3.8, 4) is 0 Å². The van der Waals surface area contributed by atoms with Crippen LogP contribution in [0.25, 0.3) is 6.08 Å². The molecule has 0 saturated carbocycles. The second-order valence-corrected chi connectivity index (χ2v) is 8.62. The SMILES string of the molecule is CCOC(=O)C1=C(C)N=c2s/c(=C/c3c(C)nn(CC)c3C)c(=O)n2C1c1ccccc1. The van der Waals surface area contributed by atoms with E-state index in [2.05, 4.69) is 10.1 Å². The summed E-state index contributed by atoms with van der Waals surface area (Å²) >= 11 is 1.33. The van der Waals surface area contributed by atoms with E-state index in [1.165, 1.54) is 11.3 Å². The molecular formula is C24H26N4O3S. The molecule has 0 bridgehead atoms. The fourth-order valence-electron chi connectivity index (χ4n) is 4.10.